The number of pyridine rings is 1. The van der Waals surface area contributed by atoms with Gasteiger partial charge in [-0.2, -0.15) is 4.31 Å². The molecule has 2 heterocycles. The number of anilines is 2. The van der Waals surface area contributed by atoms with Crippen molar-refractivity contribution in [3.63, 3.8) is 0 Å². The number of benzene rings is 2. The Balaban J connectivity index is 1.59. The molecule has 3 aromatic rings. The monoisotopic (exact) mass is 411 g/mol. The summed E-state index contributed by atoms with van der Waals surface area (Å²) in [6.45, 7) is 2.57. The lowest BCUT2D eigenvalue weighted by molar-refractivity contribution is 0.268. The van der Waals surface area contributed by atoms with E-state index < -0.39 is 10.0 Å². The van der Waals surface area contributed by atoms with E-state index in [2.05, 4.69) is 10.3 Å². The van der Waals surface area contributed by atoms with Crippen molar-refractivity contribution in [2.45, 2.75) is 37.1 Å². The van der Waals surface area contributed by atoms with Gasteiger partial charge in [-0.1, -0.05) is 6.42 Å². The Hall–Kier alpha value is -2.64. The summed E-state index contributed by atoms with van der Waals surface area (Å²) in [6, 6.07) is 16.5. The van der Waals surface area contributed by atoms with Crippen LogP contribution in [0.2, 0.25) is 0 Å². The lowest BCUT2D eigenvalue weighted by atomic mass is 10.1. The molecular formula is C22H25N3O3S. The maximum Gasteiger partial charge on any atom is 0.243 e. The maximum atomic E-state index is 13.1. The van der Waals surface area contributed by atoms with Crippen LogP contribution in [0.1, 0.15) is 26.2 Å². The van der Waals surface area contributed by atoms with Crippen molar-refractivity contribution in [1.82, 2.24) is 9.29 Å². The number of nitrogens with zero attached hydrogens (tertiary/aromatic N) is 2. The van der Waals surface area contributed by atoms with Crippen molar-refractivity contribution in [2.75, 3.05) is 19.0 Å². The fourth-order valence-corrected chi connectivity index (χ4v) is 5.46. The van der Waals surface area contributed by atoms with Crippen molar-refractivity contribution >= 4 is 32.4 Å². The van der Waals surface area contributed by atoms with E-state index in [1.807, 2.05) is 43.3 Å². The molecule has 4 rings (SSSR count). The highest BCUT2D eigenvalue weighted by Crippen LogP contribution is 2.28. The Bertz CT molecular complexity index is 1110. The van der Waals surface area contributed by atoms with Crippen LogP contribution in [0.15, 0.2) is 59.5 Å². The number of methoxy groups -OCH3 is 1. The van der Waals surface area contributed by atoms with Gasteiger partial charge in [0.05, 0.1) is 17.5 Å². The zero-order chi connectivity index (χ0) is 20.4. The Morgan fingerprint density at radius 2 is 1.86 bits per heavy atom. The molecule has 0 spiro atoms. The average molecular weight is 412 g/mol. The molecule has 1 aromatic heterocycles. The number of aromatic nitrogens is 1. The number of hydrogen-bond acceptors (Lipinski definition) is 5. The van der Waals surface area contributed by atoms with Crippen LogP contribution >= 0.6 is 0 Å². The summed E-state index contributed by atoms with van der Waals surface area (Å²) in [5.74, 6) is 1.49. The number of piperidine rings is 1. The number of sulfonamides is 1. The molecule has 1 fully saturated rings. The molecule has 0 radical (unpaired) electrons. The Morgan fingerprint density at radius 3 is 2.59 bits per heavy atom. The molecule has 0 amide bonds. The maximum absolute atomic E-state index is 13.1. The zero-order valence-electron chi connectivity index (χ0n) is 16.6. The van der Waals surface area contributed by atoms with Crippen LogP contribution < -0.4 is 10.1 Å². The first-order chi connectivity index (χ1) is 14.0. The third kappa shape index (κ3) is 4.06. The van der Waals surface area contributed by atoms with Crippen LogP contribution in [0, 0.1) is 0 Å². The van der Waals surface area contributed by atoms with Gasteiger partial charge in [-0.05, 0) is 74.4 Å². The zero-order valence-corrected chi connectivity index (χ0v) is 17.4. The summed E-state index contributed by atoms with van der Waals surface area (Å²) in [5, 5.41) is 4.06. The molecule has 1 atom stereocenters. The topological polar surface area (TPSA) is 71.5 Å². The molecular weight excluding hydrogens is 386 g/mol. The number of nitrogens with one attached hydrogen (secondary N) is 1. The summed E-state index contributed by atoms with van der Waals surface area (Å²) in [6.07, 6.45) is 2.91. The molecule has 29 heavy (non-hydrogen) atoms. The van der Waals surface area contributed by atoms with Crippen LogP contribution in [-0.4, -0.2) is 37.4 Å². The minimum absolute atomic E-state index is 0.0404. The predicted molar refractivity (Wildman–Crippen MR) is 115 cm³/mol. The van der Waals surface area contributed by atoms with Gasteiger partial charge in [0.25, 0.3) is 0 Å². The van der Waals surface area contributed by atoms with E-state index in [1.165, 1.54) is 0 Å². The van der Waals surface area contributed by atoms with Crippen molar-refractivity contribution in [1.29, 1.82) is 0 Å². The summed E-state index contributed by atoms with van der Waals surface area (Å²) in [7, 11) is -1.86. The van der Waals surface area contributed by atoms with Crippen molar-refractivity contribution in [3.05, 3.63) is 54.6 Å². The number of ether oxygens (including phenoxy) is 1. The van der Waals surface area contributed by atoms with Gasteiger partial charge < -0.3 is 10.1 Å². The van der Waals surface area contributed by atoms with Crippen molar-refractivity contribution in [3.8, 4) is 5.75 Å². The molecule has 1 saturated heterocycles. The van der Waals surface area contributed by atoms with Crippen LogP contribution in [0.5, 0.6) is 5.75 Å². The first-order valence-electron chi connectivity index (χ1n) is 9.81. The highest BCUT2D eigenvalue weighted by atomic mass is 32.2. The molecule has 0 bridgehead atoms. The lowest BCUT2D eigenvalue weighted by Crippen LogP contribution is -2.41. The normalized spacial score (nSPS) is 17.9. The largest absolute Gasteiger partial charge is 0.497 e. The lowest BCUT2D eigenvalue weighted by Gasteiger charge is -2.32. The van der Waals surface area contributed by atoms with Gasteiger partial charge >= 0.3 is 0 Å². The van der Waals surface area contributed by atoms with Gasteiger partial charge in [0.1, 0.15) is 11.6 Å². The molecule has 0 aliphatic carbocycles. The standard InChI is InChI=1S/C22H25N3O3S/c1-16-5-3-4-14-25(16)29(26,27)20-11-12-21-17(15-20)6-13-22(24-21)23-18-7-9-19(28-2)10-8-18/h6-13,15-16H,3-5,14H2,1-2H3,(H,23,24). The third-order valence-corrected chi connectivity index (χ3v) is 7.38. The second-order valence-corrected chi connectivity index (χ2v) is 9.26. The van der Waals surface area contributed by atoms with E-state index in [1.54, 1.807) is 29.6 Å². The average Bonchev–Trinajstić information content (AvgIpc) is 2.74. The molecule has 152 valence electrons. The highest BCUT2D eigenvalue weighted by molar-refractivity contribution is 7.89. The van der Waals surface area contributed by atoms with E-state index in [4.69, 9.17) is 4.74 Å². The van der Waals surface area contributed by atoms with Crippen LogP contribution in [0.4, 0.5) is 11.5 Å². The van der Waals surface area contributed by atoms with E-state index >= 15 is 0 Å². The predicted octanol–water partition coefficient (Wildman–Crippen LogP) is 4.55. The molecule has 1 aliphatic rings. The van der Waals surface area contributed by atoms with Gasteiger partial charge in [-0.25, -0.2) is 13.4 Å². The molecule has 1 N–H and O–H groups in total. The van der Waals surface area contributed by atoms with E-state index in [0.717, 1.165) is 41.6 Å². The van der Waals surface area contributed by atoms with Crippen molar-refractivity contribution < 1.29 is 13.2 Å². The summed E-state index contributed by atoms with van der Waals surface area (Å²) < 4.78 is 33.0. The third-order valence-electron chi connectivity index (χ3n) is 5.37. The Kier molecular flexibility index (Phi) is 5.43. The number of rotatable bonds is 5. The minimum Gasteiger partial charge on any atom is -0.497 e. The smallest absolute Gasteiger partial charge is 0.243 e. The Labute approximate surface area is 171 Å². The fourth-order valence-electron chi connectivity index (χ4n) is 3.72. The second-order valence-electron chi connectivity index (χ2n) is 7.37. The second kappa shape index (κ2) is 8.00. The van der Waals surface area contributed by atoms with Gasteiger partial charge in [0.15, 0.2) is 0 Å². The van der Waals surface area contributed by atoms with E-state index in [-0.39, 0.29) is 6.04 Å². The quantitative estimate of drug-likeness (QED) is 0.667. The molecule has 0 saturated carbocycles. The molecule has 1 aliphatic heterocycles. The summed E-state index contributed by atoms with van der Waals surface area (Å²) in [5.41, 5.74) is 1.64. The van der Waals surface area contributed by atoms with Crippen molar-refractivity contribution in [2.24, 2.45) is 0 Å². The van der Waals surface area contributed by atoms with Gasteiger partial charge in [-0.3, -0.25) is 0 Å². The number of fused-ring (bicyclic) bond motifs is 1. The van der Waals surface area contributed by atoms with Gasteiger partial charge in [-0.15, -0.1) is 0 Å². The van der Waals surface area contributed by atoms with Gasteiger partial charge in [0.2, 0.25) is 10.0 Å². The molecule has 7 heteroatoms. The van der Waals surface area contributed by atoms with Gasteiger partial charge in [0, 0.05) is 23.7 Å². The minimum atomic E-state index is -3.49. The first-order valence-corrected chi connectivity index (χ1v) is 11.2. The van der Waals surface area contributed by atoms with Crippen LogP contribution in [-0.2, 0) is 10.0 Å². The summed E-state index contributed by atoms with van der Waals surface area (Å²) in [4.78, 5) is 4.94. The number of hydrogen-bond donors (Lipinski definition) is 1. The fraction of sp³-hybridized carbons (Fsp3) is 0.318. The van der Waals surface area contributed by atoms with E-state index in [0.29, 0.717) is 17.3 Å². The van der Waals surface area contributed by atoms with Crippen LogP contribution in [0.25, 0.3) is 10.9 Å². The SMILES string of the molecule is COc1ccc(Nc2ccc3cc(S(=O)(=O)N4CCCCC4C)ccc3n2)cc1. The molecule has 2 aromatic carbocycles. The highest BCUT2D eigenvalue weighted by Gasteiger charge is 2.31. The Morgan fingerprint density at radius 1 is 1.07 bits per heavy atom. The molecule has 1 unspecified atom stereocenters. The molecule has 6 nitrogen and oxygen atoms in total. The van der Waals surface area contributed by atoms with Crippen LogP contribution in [0.3, 0.4) is 0 Å². The summed E-state index contributed by atoms with van der Waals surface area (Å²) >= 11 is 0. The first kappa shape index (κ1) is 19.7. The van der Waals surface area contributed by atoms with E-state index in [9.17, 15) is 8.42 Å².